The normalized spacial score (nSPS) is 26.0. The Bertz CT molecular complexity index is 852. The van der Waals surface area contributed by atoms with Gasteiger partial charge in [-0.05, 0) is 42.0 Å². The van der Waals surface area contributed by atoms with Gasteiger partial charge in [0.05, 0.1) is 7.11 Å². The molecule has 0 saturated carbocycles. The number of ketones is 1. The number of carbonyl (C=O) groups excluding carboxylic acids is 3. The maximum Gasteiger partial charge on any atom is 0.323 e. The van der Waals surface area contributed by atoms with Crippen LogP contribution in [0, 0.1) is 24.2 Å². The molecule has 1 saturated heterocycles. The zero-order valence-corrected chi connectivity index (χ0v) is 14.7. The van der Waals surface area contributed by atoms with Crippen molar-refractivity contribution in [2.45, 2.75) is 25.3 Å². The monoisotopic (exact) mass is 352 g/mol. The van der Waals surface area contributed by atoms with E-state index in [0.29, 0.717) is 17.7 Å². The SMILES string of the molecule is C#CC1(C=CC(C)C2CC(=O)c3cc(OC)ccc3C2)NC(=O)NC1=O. The highest BCUT2D eigenvalue weighted by Crippen LogP contribution is 2.33. The Hall–Kier alpha value is -3.07. The van der Waals surface area contributed by atoms with Gasteiger partial charge in [-0.15, -0.1) is 6.42 Å². The zero-order chi connectivity index (χ0) is 18.9. The average molecular weight is 352 g/mol. The minimum absolute atomic E-state index is 0.00438. The molecular formula is C20H20N2O4. The maximum atomic E-state index is 12.5. The second kappa shape index (κ2) is 6.68. The van der Waals surface area contributed by atoms with Gasteiger partial charge in [0.25, 0.3) is 5.91 Å². The largest absolute Gasteiger partial charge is 0.497 e. The minimum Gasteiger partial charge on any atom is -0.497 e. The molecule has 1 aromatic rings. The highest BCUT2D eigenvalue weighted by molar-refractivity contribution is 6.10. The highest BCUT2D eigenvalue weighted by Gasteiger charge is 2.43. The number of hydrogen-bond acceptors (Lipinski definition) is 4. The summed E-state index contributed by atoms with van der Waals surface area (Å²) in [6.07, 6.45) is 9.95. The first-order valence-electron chi connectivity index (χ1n) is 8.39. The lowest BCUT2D eigenvalue weighted by Crippen LogP contribution is -2.43. The quantitative estimate of drug-likeness (QED) is 0.492. The molecule has 6 nitrogen and oxygen atoms in total. The number of fused-ring (bicyclic) bond motifs is 1. The number of amides is 3. The number of hydrogen-bond donors (Lipinski definition) is 2. The van der Waals surface area contributed by atoms with Gasteiger partial charge in [0.15, 0.2) is 5.78 Å². The van der Waals surface area contributed by atoms with Crippen molar-refractivity contribution in [3.63, 3.8) is 0 Å². The molecule has 3 unspecified atom stereocenters. The number of imide groups is 1. The number of benzene rings is 1. The molecule has 6 heteroatoms. The first-order valence-corrected chi connectivity index (χ1v) is 8.39. The number of terminal acetylenes is 1. The van der Waals surface area contributed by atoms with Crippen LogP contribution in [-0.2, 0) is 11.2 Å². The van der Waals surface area contributed by atoms with Crippen LogP contribution in [0.2, 0.25) is 0 Å². The van der Waals surface area contributed by atoms with Crippen molar-refractivity contribution in [2.24, 2.45) is 11.8 Å². The number of urea groups is 1. The third-order valence-corrected chi connectivity index (χ3v) is 5.06. The first kappa shape index (κ1) is 17.7. The average Bonchev–Trinajstić information content (AvgIpc) is 2.93. The molecule has 1 aliphatic carbocycles. The molecule has 2 aliphatic rings. The van der Waals surface area contributed by atoms with E-state index in [-0.39, 0.29) is 17.6 Å². The van der Waals surface area contributed by atoms with E-state index in [9.17, 15) is 14.4 Å². The van der Waals surface area contributed by atoms with Crippen molar-refractivity contribution in [3.05, 3.63) is 41.5 Å². The van der Waals surface area contributed by atoms with Gasteiger partial charge < -0.3 is 10.1 Å². The van der Waals surface area contributed by atoms with Crippen LogP contribution in [0.1, 0.15) is 29.3 Å². The Morgan fingerprint density at radius 2 is 2.12 bits per heavy atom. The third kappa shape index (κ3) is 3.08. The number of carbonyl (C=O) groups is 3. The summed E-state index contributed by atoms with van der Waals surface area (Å²) in [6, 6.07) is 4.93. The van der Waals surface area contributed by atoms with Crippen LogP contribution in [0.3, 0.4) is 0 Å². The fourth-order valence-electron chi connectivity index (χ4n) is 3.38. The van der Waals surface area contributed by atoms with Crippen LogP contribution < -0.4 is 15.4 Å². The van der Waals surface area contributed by atoms with Gasteiger partial charge in [-0.3, -0.25) is 14.9 Å². The van der Waals surface area contributed by atoms with E-state index < -0.39 is 17.5 Å². The standard InChI is InChI=1S/C20H20N2O4/c1-4-20(18(24)21-19(25)22-20)8-7-12(2)14-9-13-5-6-15(26-3)11-16(13)17(23)10-14/h1,5-8,11-12,14H,9-10H2,2-3H3,(H2,21,22,24,25). The molecule has 1 aromatic carbocycles. The van der Waals surface area contributed by atoms with Gasteiger partial charge in [0.2, 0.25) is 5.54 Å². The van der Waals surface area contributed by atoms with Crippen LogP contribution in [0.15, 0.2) is 30.4 Å². The summed E-state index contributed by atoms with van der Waals surface area (Å²) in [5.74, 6) is 2.62. The first-order chi connectivity index (χ1) is 12.4. The topological polar surface area (TPSA) is 84.5 Å². The Labute approximate surface area is 152 Å². The molecule has 1 heterocycles. The maximum absolute atomic E-state index is 12.5. The summed E-state index contributed by atoms with van der Waals surface area (Å²) in [5.41, 5.74) is 0.236. The summed E-state index contributed by atoms with van der Waals surface area (Å²) in [4.78, 5) is 35.8. The molecular weight excluding hydrogens is 332 g/mol. The zero-order valence-electron chi connectivity index (χ0n) is 14.7. The van der Waals surface area contributed by atoms with E-state index in [1.807, 2.05) is 19.1 Å². The molecule has 26 heavy (non-hydrogen) atoms. The number of nitrogens with one attached hydrogen (secondary N) is 2. The molecule has 0 radical (unpaired) electrons. The van der Waals surface area contributed by atoms with Gasteiger partial charge in [0.1, 0.15) is 5.75 Å². The summed E-state index contributed by atoms with van der Waals surface area (Å²) in [6.45, 7) is 1.97. The third-order valence-electron chi connectivity index (χ3n) is 5.06. The van der Waals surface area contributed by atoms with Gasteiger partial charge in [-0.25, -0.2) is 4.79 Å². The molecule has 2 N–H and O–H groups in total. The van der Waals surface area contributed by atoms with E-state index >= 15 is 0 Å². The molecule has 134 valence electrons. The minimum atomic E-state index is -1.46. The fourth-order valence-corrected chi connectivity index (χ4v) is 3.38. The highest BCUT2D eigenvalue weighted by atomic mass is 16.5. The van der Waals surface area contributed by atoms with Crippen LogP contribution in [0.5, 0.6) is 5.75 Å². The fraction of sp³-hybridized carbons (Fsp3) is 0.350. The number of rotatable bonds is 4. The van der Waals surface area contributed by atoms with Gasteiger partial charge in [0, 0.05) is 12.0 Å². The molecule has 1 fully saturated rings. The van der Waals surface area contributed by atoms with Gasteiger partial charge >= 0.3 is 6.03 Å². The molecule has 0 aromatic heterocycles. The lowest BCUT2D eigenvalue weighted by molar-refractivity contribution is -0.120. The number of Topliss-reactive ketones (excluding diaryl/α,β-unsaturated/α-hetero) is 1. The van der Waals surface area contributed by atoms with Crippen molar-refractivity contribution in [3.8, 4) is 18.1 Å². The number of methoxy groups -OCH3 is 1. The molecule has 3 atom stereocenters. The Balaban J connectivity index is 1.78. The van der Waals surface area contributed by atoms with E-state index in [1.165, 1.54) is 6.08 Å². The van der Waals surface area contributed by atoms with E-state index in [4.69, 9.17) is 11.2 Å². The molecule has 0 spiro atoms. The summed E-state index contributed by atoms with van der Waals surface area (Å²) in [5, 5.41) is 4.60. The summed E-state index contributed by atoms with van der Waals surface area (Å²) < 4.78 is 5.19. The molecule has 1 aliphatic heterocycles. The van der Waals surface area contributed by atoms with E-state index in [1.54, 1.807) is 19.3 Å². The lowest BCUT2D eigenvalue weighted by Gasteiger charge is -2.27. The van der Waals surface area contributed by atoms with E-state index in [0.717, 1.165) is 12.0 Å². The van der Waals surface area contributed by atoms with Crippen molar-refractivity contribution >= 4 is 17.7 Å². The summed E-state index contributed by atoms with van der Waals surface area (Å²) in [7, 11) is 1.57. The van der Waals surface area contributed by atoms with Crippen molar-refractivity contribution in [1.29, 1.82) is 0 Å². The second-order valence-corrected chi connectivity index (χ2v) is 6.69. The van der Waals surface area contributed by atoms with Gasteiger partial charge in [-0.2, -0.15) is 0 Å². The predicted octanol–water partition coefficient (Wildman–Crippen LogP) is 1.84. The van der Waals surface area contributed by atoms with Crippen molar-refractivity contribution in [1.82, 2.24) is 10.6 Å². The summed E-state index contributed by atoms with van der Waals surface area (Å²) >= 11 is 0. The Morgan fingerprint density at radius 1 is 1.35 bits per heavy atom. The Morgan fingerprint density at radius 3 is 2.73 bits per heavy atom. The molecule has 3 amide bonds. The van der Waals surface area contributed by atoms with Gasteiger partial charge in [-0.1, -0.05) is 25.0 Å². The van der Waals surface area contributed by atoms with E-state index in [2.05, 4.69) is 16.6 Å². The van der Waals surface area contributed by atoms with Crippen LogP contribution in [-0.4, -0.2) is 30.4 Å². The Kier molecular flexibility index (Phi) is 4.56. The molecule has 0 bridgehead atoms. The van der Waals surface area contributed by atoms with Crippen LogP contribution in [0.4, 0.5) is 4.79 Å². The van der Waals surface area contributed by atoms with Crippen molar-refractivity contribution in [2.75, 3.05) is 7.11 Å². The predicted molar refractivity (Wildman–Crippen MR) is 95.7 cm³/mol. The second-order valence-electron chi connectivity index (χ2n) is 6.69. The van der Waals surface area contributed by atoms with Crippen LogP contribution in [0.25, 0.3) is 0 Å². The van der Waals surface area contributed by atoms with Crippen molar-refractivity contribution < 1.29 is 19.1 Å². The molecule has 3 rings (SSSR count). The number of allylic oxidation sites excluding steroid dienone is 1. The van der Waals surface area contributed by atoms with Crippen LogP contribution >= 0.6 is 0 Å². The lowest BCUT2D eigenvalue weighted by atomic mass is 9.76. The smallest absolute Gasteiger partial charge is 0.323 e. The number of ether oxygens (including phenoxy) is 1.